The minimum absolute atomic E-state index is 0.211. The van der Waals surface area contributed by atoms with Crippen LogP contribution in [0.1, 0.15) is 29.8 Å². The van der Waals surface area contributed by atoms with E-state index < -0.39 is 29.9 Å². The van der Waals surface area contributed by atoms with Gasteiger partial charge in [0.25, 0.3) is 5.91 Å². The summed E-state index contributed by atoms with van der Waals surface area (Å²) in [6.07, 6.45) is 0. The number of para-hydroxylation sites is 1. The van der Waals surface area contributed by atoms with Crippen LogP contribution in [0.4, 0.5) is 10.5 Å². The highest BCUT2D eigenvalue weighted by atomic mass is 35.5. The number of nitrogens with zero attached hydrogens (tertiary/aromatic N) is 1. The van der Waals surface area contributed by atoms with Gasteiger partial charge >= 0.3 is 6.03 Å². The van der Waals surface area contributed by atoms with E-state index in [1.54, 1.807) is 48.5 Å². The number of benzene rings is 2. The quantitative estimate of drug-likeness (QED) is 0.596. The molecule has 144 valence electrons. The van der Waals surface area contributed by atoms with Gasteiger partial charge in [-0.2, -0.15) is 0 Å². The summed E-state index contributed by atoms with van der Waals surface area (Å²) in [6, 6.07) is 12.5. The molecule has 1 atom stereocenters. The van der Waals surface area contributed by atoms with Gasteiger partial charge in [-0.1, -0.05) is 41.9 Å². The predicted octanol–water partition coefficient (Wildman–Crippen LogP) is 2.95. The van der Waals surface area contributed by atoms with Gasteiger partial charge in [0, 0.05) is 16.1 Å². The summed E-state index contributed by atoms with van der Waals surface area (Å²) in [5, 5.41) is 5.52. The maximum atomic E-state index is 12.9. The Morgan fingerprint density at radius 3 is 2.43 bits per heavy atom. The molecule has 1 saturated heterocycles. The molecule has 1 heterocycles. The Labute approximate surface area is 166 Å². The molecule has 7 nitrogen and oxygen atoms in total. The van der Waals surface area contributed by atoms with Gasteiger partial charge in [0.1, 0.15) is 12.1 Å². The molecule has 28 heavy (non-hydrogen) atoms. The lowest BCUT2D eigenvalue weighted by Gasteiger charge is -2.23. The summed E-state index contributed by atoms with van der Waals surface area (Å²) in [4.78, 5) is 50.2. The topological polar surface area (TPSA) is 95.6 Å². The summed E-state index contributed by atoms with van der Waals surface area (Å²) < 4.78 is 0. The fourth-order valence-electron chi connectivity index (χ4n) is 3.12. The van der Waals surface area contributed by atoms with Crippen LogP contribution < -0.4 is 10.6 Å². The molecular weight excluding hydrogens is 382 g/mol. The molecule has 1 aliphatic rings. The van der Waals surface area contributed by atoms with Gasteiger partial charge in [0.2, 0.25) is 5.91 Å². The number of hydrogen-bond acceptors (Lipinski definition) is 4. The highest BCUT2D eigenvalue weighted by molar-refractivity contribution is 6.32. The van der Waals surface area contributed by atoms with E-state index in [4.69, 9.17) is 11.6 Å². The highest BCUT2D eigenvalue weighted by Gasteiger charge is 2.50. The summed E-state index contributed by atoms with van der Waals surface area (Å²) in [5.41, 5.74) is -0.262. The molecule has 3 rings (SSSR count). The molecule has 8 heteroatoms. The lowest BCUT2D eigenvalue weighted by atomic mass is 9.92. The van der Waals surface area contributed by atoms with E-state index in [9.17, 15) is 19.2 Å². The second-order valence-corrected chi connectivity index (χ2v) is 6.98. The van der Waals surface area contributed by atoms with Crippen LogP contribution in [-0.4, -0.2) is 35.1 Å². The first kappa shape index (κ1) is 19.6. The number of halogens is 1. The Kier molecular flexibility index (Phi) is 5.20. The number of hydrogen-bond donors (Lipinski definition) is 2. The smallest absolute Gasteiger partial charge is 0.324 e. The maximum absolute atomic E-state index is 12.9. The number of imide groups is 1. The molecule has 2 N–H and O–H groups in total. The Morgan fingerprint density at radius 2 is 1.75 bits per heavy atom. The molecule has 0 bridgehead atoms. The average Bonchev–Trinajstić information content (AvgIpc) is 2.86. The molecular formula is C20H18ClN3O4. The monoisotopic (exact) mass is 399 g/mol. The third-order valence-electron chi connectivity index (χ3n) is 4.57. The van der Waals surface area contributed by atoms with Gasteiger partial charge in [-0.15, -0.1) is 0 Å². The lowest BCUT2D eigenvalue weighted by Crippen LogP contribution is -2.42. The van der Waals surface area contributed by atoms with E-state index in [0.29, 0.717) is 21.8 Å². The largest absolute Gasteiger partial charge is 0.325 e. The molecule has 0 aromatic heterocycles. The molecule has 0 aliphatic carbocycles. The van der Waals surface area contributed by atoms with E-state index in [1.807, 2.05) is 0 Å². The second-order valence-electron chi connectivity index (χ2n) is 6.58. The zero-order valence-electron chi connectivity index (χ0n) is 15.3. The van der Waals surface area contributed by atoms with Crippen LogP contribution >= 0.6 is 11.6 Å². The SMILES string of the molecule is CC(=O)c1ccccc1NC(=O)CN1C(=O)N[C@@](C)(c2ccccc2Cl)C1=O. The minimum atomic E-state index is -1.37. The zero-order chi connectivity index (χ0) is 20.5. The van der Waals surface area contributed by atoms with E-state index >= 15 is 0 Å². The van der Waals surface area contributed by atoms with Gasteiger partial charge < -0.3 is 10.6 Å². The predicted molar refractivity (Wildman–Crippen MR) is 104 cm³/mol. The molecule has 0 saturated carbocycles. The standard InChI is InChI=1S/C20H18ClN3O4/c1-12(25)13-7-3-6-10-16(13)22-17(26)11-24-18(27)20(2,23-19(24)28)14-8-4-5-9-15(14)21/h3-10H,11H2,1-2H3,(H,22,26)(H,23,28)/t20-/m0/s1. The first-order chi connectivity index (χ1) is 13.2. The van der Waals surface area contributed by atoms with Crippen LogP contribution in [0.25, 0.3) is 0 Å². The Balaban J connectivity index is 1.79. The third kappa shape index (κ3) is 3.48. The van der Waals surface area contributed by atoms with Crippen LogP contribution in [0.15, 0.2) is 48.5 Å². The number of urea groups is 1. The van der Waals surface area contributed by atoms with Gasteiger partial charge in [0.05, 0.1) is 5.69 Å². The van der Waals surface area contributed by atoms with Crippen molar-refractivity contribution in [2.24, 2.45) is 0 Å². The maximum Gasteiger partial charge on any atom is 0.325 e. The first-order valence-electron chi connectivity index (χ1n) is 8.53. The molecule has 2 aromatic rings. The van der Waals surface area contributed by atoms with Gasteiger partial charge in [-0.25, -0.2) is 4.79 Å². The number of rotatable bonds is 5. The summed E-state index contributed by atoms with van der Waals surface area (Å²) in [6.45, 7) is 2.44. The van der Waals surface area contributed by atoms with Crippen molar-refractivity contribution in [1.82, 2.24) is 10.2 Å². The van der Waals surface area contributed by atoms with Crippen molar-refractivity contribution in [3.63, 3.8) is 0 Å². The van der Waals surface area contributed by atoms with E-state index in [2.05, 4.69) is 10.6 Å². The second kappa shape index (κ2) is 7.44. The van der Waals surface area contributed by atoms with Crippen molar-refractivity contribution in [2.45, 2.75) is 19.4 Å². The number of ketones is 1. The van der Waals surface area contributed by atoms with Crippen molar-refractivity contribution in [3.8, 4) is 0 Å². The third-order valence-corrected chi connectivity index (χ3v) is 4.90. The van der Waals surface area contributed by atoms with Gasteiger partial charge in [0.15, 0.2) is 5.78 Å². The zero-order valence-corrected chi connectivity index (χ0v) is 16.0. The van der Waals surface area contributed by atoms with Crippen molar-refractivity contribution in [1.29, 1.82) is 0 Å². The molecule has 0 unspecified atom stereocenters. The van der Waals surface area contributed by atoms with Crippen molar-refractivity contribution < 1.29 is 19.2 Å². The summed E-state index contributed by atoms with van der Waals surface area (Å²) >= 11 is 6.18. The average molecular weight is 400 g/mol. The van der Waals surface area contributed by atoms with Gasteiger partial charge in [-0.3, -0.25) is 19.3 Å². The highest BCUT2D eigenvalue weighted by Crippen LogP contribution is 2.33. The van der Waals surface area contributed by atoms with Crippen LogP contribution in [0, 0.1) is 0 Å². The Hall–Kier alpha value is -3.19. The molecule has 2 aromatic carbocycles. The van der Waals surface area contributed by atoms with Crippen LogP contribution in [-0.2, 0) is 15.1 Å². The number of nitrogens with one attached hydrogen (secondary N) is 2. The van der Waals surface area contributed by atoms with E-state index in [-0.39, 0.29) is 5.78 Å². The van der Waals surface area contributed by atoms with Crippen LogP contribution in [0.5, 0.6) is 0 Å². The van der Waals surface area contributed by atoms with Crippen molar-refractivity contribution >= 4 is 40.9 Å². The summed E-state index contributed by atoms with van der Waals surface area (Å²) in [5.74, 6) is -1.39. The normalized spacial score (nSPS) is 18.8. The number of amides is 4. The molecule has 0 radical (unpaired) electrons. The fraction of sp³-hybridized carbons (Fsp3) is 0.200. The Bertz CT molecular complexity index is 991. The number of Topliss-reactive ketones (excluding diaryl/α,β-unsaturated/α-hetero) is 1. The number of carbonyl (C=O) groups is 4. The fourth-order valence-corrected chi connectivity index (χ4v) is 3.45. The first-order valence-corrected chi connectivity index (χ1v) is 8.91. The van der Waals surface area contributed by atoms with E-state index in [0.717, 1.165) is 4.90 Å². The molecule has 0 spiro atoms. The van der Waals surface area contributed by atoms with Crippen LogP contribution in [0.2, 0.25) is 5.02 Å². The molecule has 1 aliphatic heterocycles. The van der Waals surface area contributed by atoms with Crippen LogP contribution in [0.3, 0.4) is 0 Å². The lowest BCUT2D eigenvalue weighted by molar-refractivity contribution is -0.133. The summed E-state index contributed by atoms with van der Waals surface area (Å²) in [7, 11) is 0. The van der Waals surface area contributed by atoms with Crippen molar-refractivity contribution in [3.05, 3.63) is 64.7 Å². The Morgan fingerprint density at radius 1 is 1.11 bits per heavy atom. The minimum Gasteiger partial charge on any atom is -0.324 e. The number of carbonyl (C=O) groups excluding carboxylic acids is 4. The van der Waals surface area contributed by atoms with Crippen molar-refractivity contribution in [2.75, 3.05) is 11.9 Å². The van der Waals surface area contributed by atoms with E-state index in [1.165, 1.54) is 13.8 Å². The molecule has 1 fully saturated rings. The molecule has 4 amide bonds. The number of anilines is 1. The van der Waals surface area contributed by atoms with Gasteiger partial charge in [-0.05, 0) is 32.0 Å².